The molecule has 2 aliphatic carbocycles. The number of carbonyl (C=O) groups is 1. The molecule has 9 heteroatoms. The van der Waals surface area contributed by atoms with E-state index >= 15 is 0 Å². The van der Waals surface area contributed by atoms with Crippen LogP contribution in [0.15, 0.2) is 12.1 Å². The first-order valence-corrected chi connectivity index (χ1v) is 12.1. The Bertz CT molecular complexity index is 1270. The molecular weight excluding hydrogens is 432 g/mol. The van der Waals surface area contributed by atoms with Gasteiger partial charge in [-0.2, -0.15) is 5.10 Å². The number of morpholine rings is 1. The maximum absolute atomic E-state index is 13.0. The molecule has 1 aliphatic heterocycles. The molecular formula is C25H32N6O3. The van der Waals surface area contributed by atoms with Crippen LogP contribution in [0.2, 0.25) is 0 Å². The third-order valence-corrected chi connectivity index (χ3v) is 8.07. The molecule has 3 heterocycles. The van der Waals surface area contributed by atoms with Crippen LogP contribution < -0.4 is 4.90 Å². The molecule has 0 radical (unpaired) electrons. The SMILES string of the molecule is Cc1cc2[nH]c(-c3n[nH]c4c3C[C@@H]3C[C@]3(C)C4)nc2cc1N(C)C(=O)CN1CCOC(CO)C1. The molecule has 3 atom stereocenters. The van der Waals surface area contributed by atoms with E-state index in [9.17, 15) is 9.90 Å². The van der Waals surface area contributed by atoms with E-state index in [1.165, 1.54) is 17.7 Å². The average molecular weight is 465 g/mol. The van der Waals surface area contributed by atoms with Gasteiger partial charge in [-0.3, -0.25) is 14.8 Å². The molecule has 0 spiro atoms. The summed E-state index contributed by atoms with van der Waals surface area (Å²) in [5.74, 6) is 1.55. The molecule has 3 aromatic rings. The minimum Gasteiger partial charge on any atom is -0.394 e. The number of rotatable bonds is 5. The molecule has 9 nitrogen and oxygen atoms in total. The van der Waals surface area contributed by atoms with Gasteiger partial charge in [0.15, 0.2) is 5.82 Å². The number of aromatic nitrogens is 4. The summed E-state index contributed by atoms with van der Waals surface area (Å²) in [5, 5.41) is 17.2. The van der Waals surface area contributed by atoms with Crippen molar-refractivity contribution in [2.24, 2.45) is 11.3 Å². The van der Waals surface area contributed by atoms with Crippen molar-refractivity contribution in [3.63, 3.8) is 0 Å². The predicted octanol–water partition coefficient (Wildman–Crippen LogP) is 2.04. The molecule has 3 aliphatic rings. The number of carbonyl (C=O) groups excluding carboxylic acids is 1. The molecule has 1 unspecified atom stereocenters. The Kier molecular flexibility index (Phi) is 5.05. The highest BCUT2D eigenvalue weighted by Gasteiger charge is 2.53. The van der Waals surface area contributed by atoms with Crippen LogP contribution in [-0.4, -0.2) is 82.1 Å². The molecule has 1 amide bonds. The van der Waals surface area contributed by atoms with Crippen LogP contribution in [0.25, 0.3) is 22.6 Å². The number of aryl methyl sites for hydroxylation is 1. The molecule has 1 aromatic carbocycles. The lowest BCUT2D eigenvalue weighted by atomic mass is 9.88. The summed E-state index contributed by atoms with van der Waals surface area (Å²) in [6.07, 6.45) is 3.20. The number of H-pyrrole nitrogens is 2. The van der Waals surface area contributed by atoms with Gasteiger partial charge in [-0.1, -0.05) is 6.92 Å². The number of ether oxygens (including phenoxy) is 1. The lowest BCUT2D eigenvalue weighted by Crippen LogP contribution is -2.48. The van der Waals surface area contributed by atoms with Crippen molar-refractivity contribution in [3.05, 3.63) is 29.0 Å². The van der Waals surface area contributed by atoms with Crippen LogP contribution >= 0.6 is 0 Å². The van der Waals surface area contributed by atoms with Crippen LogP contribution in [0, 0.1) is 18.3 Å². The molecule has 180 valence electrons. The van der Waals surface area contributed by atoms with Crippen LogP contribution in [0.4, 0.5) is 5.69 Å². The number of aromatic amines is 2. The maximum Gasteiger partial charge on any atom is 0.240 e. The van der Waals surface area contributed by atoms with E-state index in [-0.39, 0.29) is 18.6 Å². The van der Waals surface area contributed by atoms with E-state index in [4.69, 9.17) is 9.72 Å². The van der Waals surface area contributed by atoms with Gasteiger partial charge < -0.3 is 19.7 Å². The predicted molar refractivity (Wildman–Crippen MR) is 129 cm³/mol. The number of amides is 1. The second-order valence-electron chi connectivity index (χ2n) is 10.6. The van der Waals surface area contributed by atoms with Crippen molar-refractivity contribution < 1.29 is 14.6 Å². The Morgan fingerprint density at radius 1 is 1.41 bits per heavy atom. The second-order valence-corrected chi connectivity index (χ2v) is 10.6. The fourth-order valence-electron chi connectivity index (χ4n) is 5.75. The number of fused-ring (bicyclic) bond motifs is 3. The average Bonchev–Trinajstić information content (AvgIpc) is 3.11. The summed E-state index contributed by atoms with van der Waals surface area (Å²) < 4.78 is 5.50. The van der Waals surface area contributed by atoms with E-state index < -0.39 is 0 Å². The first-order chi connectivity index (χ1) is 16.3. The Hall–Kier alpha value is -2.75. The largest absolute Gasteiger partial charge is 0.394 e. The Labute approximate surface area is 198 Å². The second kappa shape index (κ2) is 7.90. The topological polar surface area (TPSA) is 110 Å². The zero-order valence-corrected chi connectivity index (χ0v) is 20.0. The van der Waals surface area contributed by atoms with Crippen molar-refractivity contribution in [1.29, 1.82) is 0 Å². The van der Waals surface area contributed by atoms with Crippen molar-refractivity contribution in [3.8, 4) is 11.5 Å². The zero-order valence-electron chi connectivity index (χ0n) is 20.0. The molecule has 2 fully saturated rings. The summed E-state index contributed by atoms with van der Waals surface area (Å²) in [7, 11) is 1.81. The third-order valence-electron chi connectivity index (χ3n) is 8.07. The van der Waals surface area contributed by atoms with E-state index in [0.717, 1.165) is 52.6 Å². The zero-order chi connectivity index (χ0) is 23.6. The Balaban J connectivity index is 1.24. The summed E-state index contributed by atoms with van der Waals surface area (Å²) in [5.41, 5.74) is 7.55. The van der Waals surface area contributed by atoms with Crippen LogP contribution in [-0.2, 0) is 22.4 Å². The monoisotopic (exact) mass is 464 g/mol. The van der Waals surface area contributed by atoms with E-state index in [0.29, 0.717) is 31.7 Å². The van der Waals surface area contributed by atoms with E-state index in [1.807, 2.05) is 24.9 Å². The van der Waals surface area contributed by atoms with Gasteiger partial charge in [-0.05, 0) is 55.2 Å². The number of hydrogen-bond acceptors (Lipinski definition) is 6. The molecule has 1 saturated heterocycles. The lowest BCUT2D eigenvalue weighted by Gasteiger charge is -2.32. The highest BCUT2D eigenvalue weighted by molar-refractivity contribution is 5.97. The molecule has 0 bridgehead atoms. The van der Waals surface area contributed by atoms with Crippen LogP contribution in [0.1, 0.15) is 30.2 Å². The highest BCUT2D eigenvalue weighted by Crippen LogP contribution is 2.59. The first-order valence-electron chi connectivity index (χ1n) is 12.1. The lowest BCUT2D eigenvalue weighted by molar-refractivity contribution is -0.122. The van der Waals surface area contributed by atoms with E-state index in [1.54, 1.807) is 4.90 Å². The van der Waals surface area contributed by atoms with Gasteiger partial charge in [0.25, 0.3) is 0 Å². The number of aliphatic hydroxyl groups excluding tert-OH is 1. The van der Waals surface area contributed by atoms with E-state index in [2.05, 4.69) is 28.2 Å². The summed E-state index contributed by atoms with van der Waals surface area (Å²) >= 11 is 0. The number of anilines is 1. The van der Waals surface area contributed by atoms with Gasteiger partial charge in [0.05, 0.1) is 36.9 Å². The standard InChI is InChI=1S/C25H32N6O3/c1-14-6-18-19(8-21(14)30(3)22(33)12-31-4-5-34-16(11-31)13-32)27-24(26-18)23-17-7-15-9-25(15,2)10-20(17)28-29-23/h6,8,15-16,32H,4-5,7,9-13H2,1-3H3,(H,26,27)(H,28,29)/t15-,16?,25-/m1/s1. The number of nitrogens with zero attached hydrogens (tertiary/aromatic N) is 4. The van der Waals surface area contributed by atoms with Crippen molar-refractivity contribution in [2.45, 2.75) is 39.2 Å². The maximum atomic E-state index is 13.0. The Morgan fingerprint density at radius 2 is 2.26 bits per heavy atom. The van der Waals surface area contributed by atoms with Crippen LogP contribution in [0.5, 0.6) is 0 Å². The van der Waals surface area contributed by atoms with Crippen molar-refractivity contribution >= 4 is 22.6 Å². The summed E-state index contributed by atoms with van der Waals surface area (Å²) in [6, 6.07) is 4.04. The number of likely N-dealkylation sites (N-methyl/N-ethyl adjacent to an activating group) is 1. The fraction of sp³-hybridized carbons (Fsp3) is 0.560. The molecule has 3 N–H and O–H groups in total. The molecule has 1 saturated carbocycles. The van der Waals surface area contributed by atoms with Gasteiger partial charge in [0.1, 0.15) is 5.69 Å². The Morgan fingerprint density at radius 3 is 3.09 bits per heavy atom. The minimum absolute atomic E-state index is 0.00523. The van der Waals surface area contributed by atoms with Crippen molar-refractivity contribution in [2.75, 3.05) is 44.8 Å². The van der Waals surface area contributed by atoms with Gasteiger partial charge in [-0.25, -0.2) is 4.98 Å². The third kappa shape index (κ3) is 3.62. The number of aliphatic hydroxyl groups is 1. The number of nitrogens with one attached hydrogen (secondary N) is 2. The quantitative estimate of drug-likeness (QED) is 0.533. The molecule has 6 rings (SSSR count). The fourth-order valence-corrected chi connectivity index (χ4v) is 5.75. The number of benzene rings is 1. The normalized spacial score (nSPS) is 26.4. The first kappa shape index (κ1) is 21.8. The van der Waals surface area contributed by atoms with Gasteiger partial charge in [0.2, 0.25) is 5.91 Å². The minimum atomic E-state index is -0.228. The van der Waals surface area contributed by atoms with Gasteiger partial charge in [-0.15, -0.1) is 0 Å². The van der Waals surface area contributed by atoms with Gasteiger partial charge >= 0.3 is 0 Å². The van der Waals surface area contributed by atoms with Crippen molar-refractivity contribution in [1.82, 2.24) is 25.1 Å². The smallest absolute Gasteiger partial charge is 0.240 e. The van der Waals surface area contributed by atoms with Gasteiger partial charge in [0, 0.05) is 37.1 Å². The molecule has 34 heavy (non-hydrogen) atoms. The number of hydrogen-bond donors (Lipinski definition) is 3. The summed E-state index contributed by atoms with van der Waals surface area (Å²) in [4.78, 5) is 25.1. The summed E-state index contributed by atoms with van der Waals surface area (Å²) in [6.45, 7) is 6.42. The van der Waals surface area contributed by atoms with Crippen LogP contribution in [0.3, 0.4) is 0 Å². The number of imidazole rings is 1. The highest BCUT2D eigenvalue weighted by atomic mass is 16.5. The molecule has 2 aromatic heterocycles.